The Hall–Kier alpha value is -3.13. The number of hydrogen-bond acceptors (Lipinski definition) is 7. The fourth-order valence-electron chi connectivity index (χ4n) is 4.86. The molecule has 2 aromatic rings. The van der Waals surface area contributed by atoms with Crippen molar-refractivity contribution in [2.24, 2.45) is 9.36 Å². The van der Waals surface area contributed by atoms with Gasteiger partial charge in [0.2, 0.25) is 0 Å². The number of ether oxygens (including phenoxy) is 1. The lowest BCUT2D eigenvalue weighted by atomic mass is 9.85. The zero-order valence-electron chi connectivity index (χ0n) is 22.7. The number of alkyl carbamates (subject to hydrolysis) is 1. The number of alkyl halides is 2. The van der Waals surface area contributed by atoms with Gasteiger partial charge in [0.1, 0.15) is 27.5 Å². The molecular formula is C25H30ClF3N6O4S. The largest absolute Gasteiger partial charge is 0.444 e. The summed E-state index contributed by atoms with van der Waals surface area (Å²) in [6, 6.07) is 3.68. The quantitative estimate of drug-likeness (QED) is 0.478. The first-order chi connectivity index (χ1) is 18.4. The van der Waals surface area contributed by atoms with Crippen LogP contribution in [-0.4, -0.2) is 54.0 Å². The average Bonchev–Trinajstić information content (AvgIpc) is 3.42. The zero-order valence-corrected chi connectivity index (χ0v) is 24.3. The van der Waals surface area contributed by atoms with Crippen LogP contribution in [0.15, 0.2) is 33.8 Å². The molecule has 0 radical (unpaired) electrons. The van der Waals surface area contributed by atoms with E-state index in [1.54, 1.807) is 41.5 Å². The van der Waals surface area contributed by atoms with Crippen LogP contribution in [-0.2, 0) is 20.0 Å². The van der Waals surface area contributed by atoms with Crippen molar-refractivity contribution < 1.29 is 31.7 Å². The lowest BCUT2D eigenvalue weighted by Gasteiger charge is -2.45. The Morgan fingerprint density at radius 2 is 1.90 bits per heavy atom. The first kappa shape index (κ1) is 29.8. The van der Waals surface area contributed by atoms with Crippen LogP contribution >= 0.6 is 11.6 Å². The van der Waals surface area contributed by atoms with Gasteiger partial charge in [-0.15, -0.1) is 0 Å². The van der Waals surface area contributed by atoms with Gasteiger partial charge in [-0.25, -0.2) is 22.4 Å². The predicted octanol–water partition coefficient (Wildman–Crippen LogP) is 5.49. The number of benzene rings is 1. The van der Waals surface area contributed by atoms with Crippen LogP contribution < -0.4 is 10.6 Å². The summed E-state index contributed by atoms with van der Waals surface area (Å²) in [4.78, 5) is 30.2. The highest BCUT2D eigenvalue weighted by atomic mass is 35.5. The second-order valence-electron chi connectivity index (χ2n) is 11.2. The third-order valence-corrected chi connectivity index (χ3v) is 10.8. The van der Waals surface area contributed by atoms with E-state index in [4.69, 9.17) is 21.3 Å². The van der Waals surface area contributed by atoms with Gasteiger partial charge in [-0.2, -0.15) is 13.9 Å². The molecule has 2 aliphatic heterocycles. The number of halogens is 4. The molecular weight excluding hydrogens is 573 g/mol. The van der Waals surface area contributed by atoms with Gasteiger partial charge in [-0.1, -0.05) is 11.6 Å². The minimum absolute atomic E-state index is 0.0108. The first-order valence-electron chi connectivity index (χ1n) is 12.3. The Kier molecular flexibility index (Phi) is 7.50. The molecule has 0 fully saturated rings. The second-order valence-corrected chi connectivity index (χ2v) is 14.6. The van der Waals surface area contributed by atoms with Gasteiger partial charge >= 0.3 is 12.6 Å². The molecule has 15 heteroatoms. The van der Waals surface area contributed by atoms with Gasteiger partial charge in [0.25, 0.3) is 5.91 Å². The lowest BCUT2D eigenvalue weighted by molar-refractivity contribution is 0.0553. The normalized spacial score (nSPS) is 25.6. The van der Waals surface area contributed by atoms with E-state index in [1.807, 2.05) is 0 Å². The molecule has 1 aromatic carbocycles. The van der Waals surface area contributed by atoms with Gasteiger partial charge in [-0.3, -0.25) is 15.1 Å². The Morgan fingerprint density at radius 3 is 2.50 bits per heavy atom. The molecule has 2 amide bonds. The van der Waals surface area contributed by atoms with Gasteiger partial charge in [-0.05, 0) is 66.2 Å². The predicted molar refractivity (Wildman–Crippen MR) is 145 cm³/mol. The van der Waals surface area contributed by atoms with E-state index >= 15 is 4.39 Å². The number of nitrogens with zero attached hydrogens (tertiary/aromatic N) is 4. The molecule has 3 heterocycles. The highest BCUT2D eigenvalue weighted by molar-refractivity contribution is 7.96. The number of carbonyl (C=O) groups excluding carboxylic acids is 2. The summed E-state index contributed by atoms with van der Waals surface area (Å²) >= 11 is 5.91. The van der Waals surface area contributed by atoms with Crippen molar-refractivity contribution in [2.75, 3.05) is 11.9 Å². The summed E-state index contributed by atoms with van der Waals surface area (Å²) in [7, 11) is -3.11. The number of aromatic nitrogens is 2. The number of amides is 2. The molecule has 0 spiro atoms. The van der Waals surface area contributed by atoms with Crippen LogP contribution in [0.2, 0.25) is 5.02 Å². The van der Waals surface area contributed by atoms with Crippen molar-refractivity contribution in [2.45, 2.75) is 75.6 Å². The SMILES string of the molecule is CC(C)(C)OC(=O)NC1=N[C@](C)(c2cc(NC(=O)c3nn(C(F)F)cc3Cl)ccc2F)[C@@H]2CCN=[S@]2(=O)C1(C)C. The summed E-state index contributed by atoms with van der Waals surface area (Å²) < 4.78 is 64.7. The molecule has 40 heavy (non-hydrogen) atoms. The Balaban J connectivity index is 1.77. The van der Waals surface area contributed by atoms with Crippen molar-refractivity contribution in [3.63, 3.8) is 0 Å². The minimum atomic E-state index is -3.11. The Labute approximate surface area is 234 Å². The van der Waals surface area contributed by atoms with Crippen molar-refractivity contribution in [3.8, 4) is 0 Å². The van der Waals surface area contributed by atoms with Crippen molar-refractivity contribution >= 4 is 44.9 Å². The summed E-state index contributed by atoms with van der Waals surface area (Å²) in [5.74, 6) is -1.57. The van der Waals surface area contributed by atoms with E-state index in [0.717, 1.165) is 12.3 Å². The van der Waals surface area contributed by atoms with E-state index in [-0.39, 0.29) is 33.3 Å². The molecule has 4 rings (SSSR count). The fraction of sp³-hybridized carbons (Fsp3) is 0.520. The van der Waals surface area contributed by atoms with E-state index in [0.29, 0.717) is 6.42 Å². The van der Waals surface area contributed by atoms with Gasteiger partial charge in [0.05, 0.1) is 26.2 Å². The highest BCUT2D eigenvalue weighted by Gasteiger charge is 2.57. The van der Waals surface area contributed by atoms with Crippen LogP contribution in [0.4, 0.5) is 23.7 Å². The van der Waals surface area contributed by atoms with Crippen LogP contribution in [0.25, 0.3) is 0 Å². The number of rotatable bonds is 4. The van der Waals surface area contributed by atoms with E-state index < -0.39 is 60.9 Å². The van der Waals surface area contributed by atoms with Crippen LogP contribution in [0, 0.1) is 5.82 Å². The van der Waals surface area contributed by atoms with Gasteiger partial charge < -0.3 is 10.1 Å². The zero-order chi connectivity index (χ0) is 29.8. The summed E-state index contributed by atoms with van der Waals surface area (Å²) in [6.07, 6.45) is 0.345. The Bertz CT molecular complexity index is 1530. The summed E-state index contributed by atoms with van der Waals surface area (Å²) in [5, 5.41) is 7.57. The maximum absolute atomic E-state index is 15.5. The minimum Gasteiger partial charge on any atom is -0.444 e. The molecule has 0 unspecified atom stereocenters. The second kappa shape index (κ2) is 10.1. The number of amidine groups is 1. The summed E-state index contributed by atoms with van der Waals surface area (Å²) in [6.45, 7) is 7.22. The maximum Gasteiger partial charge on any atom is 0.413 e. The van der Waals surface area contributed by atoms with Crippen LogP contribution in [0.3, 0.4) is 0 Å². The fourth-order valence-corrected chi connectivity index (χ4v) is 8.27. The molecule has 1 aromatic heterocycles. The Morgan fingerprint density at radius 1 is 1.23 bits per heavy atom. The molecule has 0 aliphatic carbocycles. The van der Waals surface area contributed by atoms with E-state index in [9.17, 15) is 22.6 Å². The number of anilines is 1. The molecule has 0 saturated carbocycles. The molecule has 2 aliphatic rings. The number of carbonyl (C=O) groups is 2. The van der Waals surface area contributed by atoms with E-state index in [1.165, 1.54) is 12.1 Å². The standard InChI is InChI=1S/C25H30ClF3N6O4S/c1-23(2,3)39-22(37)32-20-24(4,5)40(38)17(9-10-30-40)25(6,33-20)14-11-13(7-8-16(14)27)31-19(36)18-15(26)12-35(34-18)21(28)29/h7-8,11-12,17,21H,9-10H2,1-6H3,(H,31,36)(H,32,33,37)/t17-,25+,40+/m0/s1. The number of aliphatic imine (C=N–C) groups is 1. The molecule has 2 N–H and O–H groups in total. The third-order valence-electron chi connectivity index (χ3n) is 6.82. The summed E-state index contributed by atoms with van der Waals surface area (Å²) in [5.41, 5.74) is -2.66. The lowest BCUT2D eigenvalue weighted by Crippen LogP contribution is -2.60. The number of nitrogens with one attached hydrogen (secondary N) is 2. The van der Waals surface area contributed by atoms with Crippen molar-refractivity contribution in [1.82, 2.24) is 15.1 Å². The van der Waals surface area contributed by atoms with Gasteiger partial charge in [0, 0.05) is 17.8 Å². The molecule has 10 nitrogen and oxygen atoms in total. The van der Waals surface area contributed by atoms with E-state index in [2.05, 4.69) is 20.1 Å². The maximum atomic E-state index is 15.5. The van der Waals surface area contributed by atoms with Crippen LogP contribution in [0.5, 0.6) is 0 Å². The van der Waals surface area contributed by atoms with Crippen molar-refractivity contribution in [1.29, 1.82) is 0 Å². The van der Waals surface area contributed by atoms with Gasteiger partial charge in [0.15, 0.2) is 5.69 Å². The third kappa shape index (κ3) is 5.18. The average molecular weight is 603 g/mol. The topological polar surface area (TPSA) is 127 Å². The van der Waals surface area contributed by atoms with Crippen molar-refractivity contribution in [3.05, 3.63) is 46.5 Å². The smallest absolute Gasteiger partial charge is 0.413 e. The number of fused-ring (bicyclic) bond motifs is 1. The number of hydrogen-bond donors (Lipinski definition) is 2. The first-order valence-corrected chi connectivity index (χ1v) is 14.3. The highest BCUT2D eigenvalue weighted by Crippen LogP contribution is 2.48. The molecule has 0 saturated heterocycles. The van der Waals surface area contributed by atoms with Crippen LogP contribution in [0.1, 0.15) is 70.6 Å². The molecule has 218 valence electrons. The monoisotopic (exact) mass is 602 g/mol. The molecule has 0 bridgehead atoms. The molecule has 3 atom stereocenters.